The molecule has 3 aromatic rings. The smallest absolute Gasteiger partial charge is 0.274 e. The van der Waals surface area contributed by atoms with E-state index in [0.717, 1.165) is 11.4 Å². The summed E-state index contributed by atoms with van der Waals surface area (Å²) in [5, 5.41) is 3.10. The number of benzene rings is 2. The Hall–Kier alpha value is -2.37. The number of anilines is 2. The zero-order valence-electron chi connectivity index (χ0n) is 13.8. The van der Waals surface area contributed by atoms with Crippen LogP contribution in [0.3, 0.4) is 0 Å². The largest absolute Gasteiger partial charge is 0.481 e. The zero-order chi connectivity index (χ0) is 17.8. The predicted octanol–water partition coefficient (Wildman–Crippen LogP) is 5.24. The van der Waals surface area contributed by atoms with Crippen molar-refractivity contribution >= 4 is 39.7 Å². The number of nitrogens with zero attached hydrogens (tertiary/aromatic N) is 2. The van der Waals surface area contributed by atoms with Crippen molar-refractivity contribution in [3.05, 3.63) is 70.7 Å². The highest BCUT2D eigenvalue weighted by atomic mass is 35.5. The average Bonchev–Trinajstić information content (AvgIpc) is 3.02. The number of carbonyl (C=O) groups excluding carboxylic acids is 1. The van der Waals surface area contributed by atoms with Gasteiger partial charge in [-0.05, 0) is 44.2 Å². The minimum Gasteiger partial charge on any atom is -0.481 e. The number of thiazole rings is 1. The Bertz CT molecular complexity index is 867. The van der Waals surface area contributed by atoms with Gasteiger partial charge in [0.1, 0.15) is 5.75 Å². The lowest BCUT2D eigenvalue weighted by Gasteiger charge is -2.24. The maximum Gasteiger partial charge on any atom is 0.274 e. The minimum atomic E-state index is -0.692. The number of hydrogen-bond acceptors (Lipinski definition) is 4. The molecule has 2 aromatic carbocycles. The summed E-state index contributed by atoms with van der Waals surface area (Å²) in [6.07, 6.45) is -0.692. The van der Waals surface area contributed by atoms with Crippen molar-refractivity contribution in [2.75, 3.05) is 4.90 Å². The summed E-state index contributed by atoms with van der Waals surface area (Å²) in [5.74, 6) is 0.359. The van der Waals surface area contributed by atoms with Gasteiger partial charge in [-0.2, -0.15) is 0 Å². The molecule has 128 valence electrons. The Morgan fingerprint density at radius 3 is 2.60 bits per heavy atom. The molecular formula is C19H17ClN2O2S. The summed E-state index contributed by atoms with van der Waals surface area (Å²) < 4.78 is 5.79. The lowest BCUT2D eigenvalue weighted by atomic mass is 10.2. The fraction of sp³-hybridized carbons (Fsp3) is 0.158. The second-order valence-electron chi connectivity index (χ2n) is 5.50. The van der Waals surface area contributed by atoms with Crippen LogP contribution in [0.25, 0.3) is 0 Å². The van der Waals surface area contributed by atoms with Crippen molar-refractivity contribution in [3.8, 4) is 5.75 Å². The number of ether oxygens (including phenoxy) is 1. The van der Waals surface area contributed by atoms with Crippen molar-refractivity contribution in [3.63, 3.8) is 0 Å². The number of aromatic nitrogens is 1. The molecule has 0 saturated carbocycles. The molecule has 0 bridgehead atoms. The van der Waals surface area contributed by atoms with Crippen LogP contribution < -0.4 is 9.64 Å². The lowest BCUT2D eigenvalue weighted by molar-refractivity contribution is -0.123. The molecule has 0 saturated heterocycles. The summed E-state index contributed by atoms with van der Waals surface area (Å²) in [4.78, 5) is 19.1. The fourth-order valence-corrected chi connectivity index (χ4v) is 3.34. The van der Waals surface area contributed by atoms with Crippen molar-refractivity contribution in [2.45, 2.75) is 20.0 Å². The monoisotopic (exact) mass is 372 g/mol. The van der Waals surface area contributed by atoms with E-state index in [2.05, 4.69) is 4.98 Å². The predicted molar refractivity (Wildman–Crippen MR) is 102 cm³/mol. The molecule has 0 aliphatic carbocycles. The van der Waals surface area contributed by atoms with Gasteiger partial charge in [0.05, 0.1) is 11.4 Å². The van der Waals surface area contributed by atoms with Crippen LogP contribution in [0.4, 0.5) is 10.8 Å². The molecule has 0 fully saturated rings. The molecule has 6 heteroatoms. The normalized spacial score (nSPS) is 11.8. The second-order valence-corrected chi connectivity index (χ2v) is 6.77. The molecule has 3 rings (SSSR count). The van der Waals surface area contributed by atoms with Crippen molar-refractivity contribution in [2.24, 2.45) is 0 Å². The molecule has 1 heterocycles. The summed E-state index contributed by atoms with van der Waals surface area (Å²) in [5.41, 5.74) is 1.63. The highest BCUT2D eigenvalue weighted by Gasteiger charge is 2.27. The van der Waals surface area contributed by atoms with E-state index in [1.54, 1.807) is 36.1 Å². The van der Waals surface area contributed by atoms with Gasteiger partial charge >= 0.3 is 0 Å². The highest BCUT2D eigenvalue weighted by molar-refractivity contribution is 7.14. The first-order valence-corrected chi connectivity index (χ1v) is 9.04. The van der Waals surface area contributed by atoms with Crippen LogP contribution in [0.1, 0.15) is 12.6 Å². The lowest BCUT2D eigenvalue weighted by Crippen LogP contribution is -2.37. The van der Waals surface area contributed by atoms with E-state index in [0.29, 0.717) is 15.9 Å². The van der Waals surface area contributed by atoms with E-state index in [-0.39, 0.29) is 5.91 Å². The molecule has 0 aliphatic rings. The van der Waals surface area contributed by atoms with E-state index >= 15 is 0 Å². The Labute approximate surface area is 155 Å². The van der Waals surface area contributed by atoms with Gasteiger partial charge in [0, 0.05) is 10.4 Å². The SMILES string of the molecule is Cc1csc(N(C(=O)[C@@H](C)Oc2cccc(Cl)c2)c2ccccc2)n1. The topological polar surface area (TPSA) is 42.4 Å². The van der Waals surface area contributed by atoms with E-state index in [9.17, 15) is 4.79 Å². The third kappa shape index (κ3) is 4.18. The first kappa shape index (κ1) is 17.5. The van der Waals surface area contributed by atoms with Crippen LogP contribution in [0.5, 0.6) is 5.75 Å². The van der Waals surface area contributed by atoms with Crippen LogP contribution in [0.15, 0.2) is 60.0 Å². The molecule has 25 heavy (non-hydrogen) atoms. The zero-order valence-corrected chi connectivity index (χ0v) is 15.4. The Morgan fingerprint density at radius 1 is 1.20 bits per heavy atom. The number of rotatable bonds is 5. The molecule has 1 amide bonds. The van der Waals surface area contributed by atoms with E-state index in [1.165, 1.54) is 11.3 Å². The molecule has 4 nitrogen and oxygen atoms in total. The van der Waals surface area contributed by atoms with Gasteiger partial charge in [-0.3, -0.25) is 9.69 Å². The number of amides is 1. The first-order chi connectivity index (χ1) is 12.0. The third-order valence-electron chi connectivity index (χ3n) is 3.49. The van der Waals surface area contributed by atoms with E-state index in [4.69, 9.17) is 16.3 Å². The van der Waals surface area contributed by atoms with Gasteiger partial charge in [-0.1, -0.05) is 35.9 Å². The summed E-state index contributed by atoms with van der Waals surface area (Å²) in [7, 11) is 0. The van der Waals surface area contributed by atoms with Gasteiger partial charge in [0.2, 0.25) is 0 Å². The van der Waals surface area contributed by atoms with Crippen molar-refractivity contribution in [1.82, 2.24) is 4.98 Å². The molecule has 1 atom stereocenters. The molecular weight excluding hydrogens is 356 g/mol. The summed E-state index contributed by atoms with van der Waals surface area (Å²) in [6.45, 7) is 3.62. The minimum absolute atomic E-state index is 0.194. The average molecular weight is 373 g/mol. The van der Waals surface area contributed by atoms with Gasteiger partial charge in [-0.15, -0.1) is 11.3 Å². The number of halogens is 1. The molecule has 0 N–H and O–H groups in total. The van der Waals surface area contributed by atoms with Crippen LogP contribution in [-0.2, 0) is 4.79 Å². The maximum atomic E-state index is 13.1. The maximum absolute atomic E-state index is 13.1. The van der Waals surface area contributed by atoms with Crippen LogP contribution in [-0.4, -0.2) is 17.0 Å². The number of hydrogen-bond donors (Lipinski definition) is 0. The Balaban J connectivity index is 1.88. The van der Waals surface area contributed by atoms with Crippen molar-refractivity contribution in [1.29, 1.82) is 0 Å². The molecule has 0 unspecified atom stereocenters. The Kier molecular flexibility index (Phi) is 5.36. The number of aryl methyl sites for hydroxylation is 1. The van der Waals surface area contributed by atoms with Crippen LogP contribution in [0, 0.1) is 6.92 Å². The number of para-hydroxylation sites is 1. The van der Waals surface area contributed by atoms with E-state index < -0.39 is 6.10 Å². The van der Waals surface area contributed by atoms with E-state index in [1.807, 2.05) is 42.6 Å². The summed E-state index contributed by atoms with van der Waals surface area (Å²) >= 11 is 7.41. The molecule has 0 aliphatic heterocycles. The Morgan fingerprint density at radius 2 is 1.96 bits per heavy atom. The fourth-order valence-electron chi connectivity index (χ4n) is 2.33. The first-order valence-electron chi connectivity index (χ1n) is 7.78. The summed E-state index contributed by atoms with van der Waals surface area (Å²) in [6, 6.07) is 16.4. The van der Waals surface area contributed by atoms with Crippen LogP contribution in [0.2, 0.25) is 5.02 Å². The van der Waals surface area contributed by atoms with Gasteiger partial charge in [0.25, 0.3) is 5.91 Å². The van der Waals surface area contributed by atoms with Gasteiger partial charge in [0.15, 0.2) is 11.2 Å². The van der Waals surface area contributed by atoms with Gasteiger partial charge in [-0.25, -0.2) is 4.98 Å². The quantitative estimate of drug-likeness (QED) is 0.615. The molecule has 0 radical (unpaired) electrons. The standard InChI is InChI=1S/C19H17ClN2O2S/c1-13-12-25-19(21-13)22(16-8-4-3-5-9-16)18(23)14(2)24-17-10-6-7-15(20)11-17/h3-12,14H,1-2H3/t14-/m1/s1. The highest BCUT2D eigenvalue weighted by Crippen LogP contribution is 2.30. The van der Waals surface area contributed by atoms with Crippen LogP contribution >= 0.6 is 22.9 Å². The molecule has 1 aromatic heterocycles. The second kappa shape index (κ2) is 7.68. The number of carbonyl (C=O) groups is 1. The third-order valence-corrected chi connectivity index (χ3v) is 4.67. The molecule has 0 spiro atoms. The van der Waals surface area contributed by atoms with Crippen molar-refractivity contribution < 1.29 is 9.53 Å². The van der Waals surface area contributed by atoms with Gasteiger partial charge < -0.3 is 4.74 Å².